The third-order valence-electron chi connectivity index (χ3n) is 5.99. The number of thioether (sulfide) groups is 1. The van der Waals surface area contributed by atoms with Gasteiger partial charge in [-0.3, -0.25) is 0 Å². The normalized spacial score (nSPS) is 24.2. The Kier molecular flexibility index (Phi) is 10.4. The number of rotatable bonds is 12. The molecule has 1 saturated heterocycles. The molecule has 0 aliphatic carbocycles. The Morgan fingerprint density at radius 1 is 0.722 bits per heavy atom. The SMILES string of the molecule is CC(C)S[C@@H]1O[C@H](COCc2ccccc2)[C@H](O)[C@H](OCc2ccccc2)[C@H]1OCc1ccccc1. The lowest BCUT2D eigenvalue weighted by Crippen LogP contribution is -2.59. The monoisotopic (exact) mass is 508 g/mol. The van der Waals surface area contributed by atoms with E-state index in [4.69, 9.17) is 18.9 Å². The molecular formula is C30H36O5S. The average Bonchev–Trinajstić information content (AvgIpc) is 2.90. The predicted molar refractivity (Wildman–Crippen MR) is 144 cm³/mol. The van der Waals surface area contributed by atoms with Crippen LogP contribution in [0.4, 0.5) is 0 Å². The molecule has 3 aromatic carbocycles. The fourth-order valence-electron chi connectivity index (χ4n) is 4.17. The maximum atomic E-state index is 11.4. The summed E-state index contributed by atoms with van der Waals surface area (Å²) in [4.78, 5) is 0. The summed E-state index contributed by atoms with van der Waals surface area (Å²) in [6, 6.07) is 30.0. The van der Waals surface area contributed by atoms with Gasteiger partial charge in [0.15, 0.2) is 0 Å². The van der Waals surface area contributed by atoms with Crippen molar-refractivity contribution in [3.05, 3.63) is 108 Å². The predicted octanol–water partition coefficient (Wildman–Crippen LogP) is 5.60. The van der Waals surface area contributed by atoms with Crippen LogP contribution in [0, 0.1) is 0 Å². The molecular weight excluding hydrogens is 472 g/mol. The molecule has 5 atom stereocenters. The van der Waals surface area contributed by atoms with Crippen LogP contribution in [0.15, 0.2) is 91.0 Å². The molecule has 0 unspecified atom stereocenters. The Morgan fingerprint density at radius 2 is 1.19 bits per heavy atom. The van der Waals surface area contributed by atoms with Gasteiger partial charge in [0.2, 0.25) is 0 Å². The van der Waals surface area contributed by atoms with E-state index in [9.17, 15) is 5.11 Å². The third-order valence-corrected chi connectivity index (χ3v) is 7.18. The zero-order chi connectivity index (χ0) is 25.2. The molecule has 1 heterocycles. The van der Waals surface area contributed by atoms with E-state index in [2.05, 4.69) is 13.8 Å². The Hall–Kier alpha value is -2.19. The highest BCUT2D eigenvalue weighted by atomic mass is 32.2. The van der Waals surface area contributed by atoms with Crippen LogP contribution in [0.3, 0.4) is 0 Å². The molecule has 4 rings (SSSR count). The Morgan fingerprint density at radius 3 is 1.69 bits per heavy atom. The summed E-state index contributed by atoms with van der Waals surface area (Å²) in [6.45, 7) is 5.78. The minimum Gasteiger partial charge on any atom is -0.387 e. The van der Waals surface area contributed by atoms with E-state index in [1.165, 1.54) is 0 Å². The van der Waals surface area contributed by atoms with Crippen molar-refractivity contribution in [2.24, 2.45) is 0 Å². The Balaban J connectivity index is 1.49. The topological polar surface area (TPSA) is 57.2 Å². The van der Waals surface area contributed by atoms with Crippen LogP contribution >= 0.6 is 11.8 Å². The summed E-state index contributed by atoms with van der Waals surface area (Å²) in [5.74, 6) is 0. The number of benzene rings is 3. The first-order valence-electron chi connectivity index (χ1n) is 12.5. The summed E-state index contributed by atoms with van der Waals surface area (Å²) in [6.07, 6.45) is -2.43. The second-order valence-electron chi connectivity index (χ2n) is 9.24. The molecule has 0 bridgehead atoms. The van der Waals surface area contributed by atoms with Crippen molar-refractivity contribution in [1.82, 2.24) is 0 Å². The molecule has 0 saturated carbocycles. The van der Waals surface area contributed by atoms with E-state index in [-0.39, 0.29) is 12.0 Å². The van der Waals surface area contributed by atoms with Crippen LogP contribution in [0.1, 0.15) is 30.5 Å². The Labute approximate surface area is 218 Å². The lowest BCUT2D eigenvalue weighted by atomic mass is 9.99. The molecule has 0 spiro atoms. The summed E-state index contributed by atoms with van der Waals surface area (Å²) < 4.78 is 25.2. The number of hydrogen-bond donors (Lipinski definition) is 1. The number of hydrogen-bond acceptors (Lipinski definition) is 6. The molecule has 1 fully saturated rings. The second-order valence-corrected chi connectivity index (χ2v) is 10.9. The van der Waals surface area contributed by atoms with Crippen molar-refractivity contribution in [3.8, 4) is 0 Å². The standard InChI is InChI=1S/C30H36O5S/c1-22(2)36-30-29(34-20-25-16-10-5-11-17-25)28(33-19-24-14-8-4-9-15-24)27(31)26(35-30)21-32-18-23-12-6-3-7-13-23/h3-17,22,26-31H,18-21H2,1-2H3/t26-,27+,28+,29-,30+/m1/s1. The summed E-state index contributed by atoms with van der Waals surface area (Å²) in [7, 11) is 0. The van der Waals surface area contributed by atoms with Crippen molar-refractivity contribution < 1.29 is 24.1 Å². The smallest absolute Gasteiger partial charge is 0.132 e. The van der Waals surface area contributed by atoms with E-state index in [1.54, 1.807) is 11.8 Å². The van der Waals surface area contributed by atoms with Crippen molar-refractivity contribution in [2.45, 2.75) is 68.8 Å². The van der Waals surface area contributed by atoms with Crippen molar-refractivity contribution in [2.75, 3.05) is 6.61 Å². The van der Waals surface area contributed by atoms with E-state index >= 15 is 0 Å². The highest BCUT2D eigenvalue weighted by Crippen LogP contribution is 2.35. The van der Waals surface area contributed by atoms with E-state index in [1.807, 2.05) is 91.0 Å². The average molecular weight is 509 g/mol. The van der Waals surface area contributed by atoms with Gasteiger partial charge >= 0.3 is 0 Å². The largest absolute Gasteiger partial charge is 0.387 e. The quantitative estimate of drug-likeness (QED) is 0.344. The van der Waals surface area contributed by atoms with Crippen LogP contribution in [-0.4, -0.2) is 46.8 Å². The molecule has 6 heteroatoms. The molecule has 5 nitrogen and oxygen atoms in total. The summed E-state index contributed by atoms with van der Waals surface area (Å²) in [5, 5.41) is 11.7. The zero-order valence-corrected chi connectivity index (χ0v) is 21.8. The highest BCUT2D eigenvalue weighted by Gasteiger charge is 2.47. The molecule has 1 aliphatic heterocycles. The van der Waals surface area contributed by atoms with Gasteiger partial charge in [0.1, 0.15) is 29.9 Å². The molecule has 1 aliphatic rings. The third kappa shape index (κ3) is 7.90. The minimum absolute atomic E-state index is 0.266. The molecule has 0 amide bonds. The molecule has 36 heavy (non-hydrogen) atoms. The van der Waals surface area contributed by atoms with Crippen molar-refractivity contribution >= 4 is 11.8 Å². The van der Waals surface area contributed by atoms with Gasteiger partial charge in [0.25, 0.3) is 0 Å². The van der Waals surface area contributed by atoms with Crippen molar-refractivity contribution in [3.63, 3.8) is 0 Å². The van der Waals surface area contributed by atoms with Gasteiger partial charge in [-0.15, -0.1) is 11.8 Å². The fraction of sp³-hybridized carbons (Fsp3) is 0.400. The first-order valence-corrected chi connectivity index (χ1v) is 13.5. The molecule has 192 valence electrons. The summed E-state index contributed by atoms with van der Waals surface area (Å²) >= 11 is 1.69. The number of ether oxygens (including phenoxy) is 4. The van der Waals surface area contributed by atoms with E-state index in [0.717, 1.165) is 16.7 Å². The first-order chi connectivity index (χ1) is 17.6. The van der Waals surface area contributed by atoms with E-state index in [0.29, 0.717) is 25.1 Å². The van der Waals surface area contributed by atoms with Crippen LogP contribution in [-0.2, 0) is 38.8 Å². The van der Waals surface area contributed by atoms with Gasteiger partial charge in [-0.25, -0.2) is 0 Å². The molecule has 1 N–H and O–H groups in total. The maximum Gasteiger partial charge on any atom is 0.132 e. The van der Waals surface area contributed by atoms with Gasteiger partial charge < -0.3 is 24.1 Å². The number of aliphatic hydroxyl groups is 1. The maximum absolute atomic E-state index is 11.4. The zero-order valence-electron chi connectivity index (χ0n) is 20.9. The van der Waals surface area contributed by atoms with Gasteiger partial charge in [-0.2, -0.15) is 0 Å². The minimum atomic E-state index is -0.894. The van der Waals surface area contributed by atoms with Gasteiger partial charge in [-0.1, -0.05) is 105 Å². The molecule has 0 aromatic heterocycles. The second kappa shape index (κ2) is 13.9. The van der Waals surface area contributed by atoms with Crippen molar-refractivity contribution in [1.29, 1.82) is 0 Å². The molecule has 0 radical (unpaired) electrons. The summed E-state index contributed by atoms with van der Waals surface area (Å²) in [5.41, 5.74) is 2.89. The highest BCUT2D eigenvalue weighted by molar-refractivity contribution is 8.00. The lowest BCUT2D eigenvalue weighted by molar-refractivity contribution is -0.240. The van der Waals surface area contributed by atoms with Gasteiger partial charge in [0.05, 0.1) is 26.4 Å². The lowest BCUT2D eigenvalue weighted by Gasteiger charge is -2.44. The van der Waals surface area contributed by atoms with Crippen LogP contribution in [0.5, 0.6) is 0 Å². The first kappa shape index (κ1) is 26.9. The number of aliphatic hydroxyl groups excluding tert-OH is 1. The van der Waals surface area contributed by atoms with Gasteiger partial charge in [-0.05, 0) is 16.7 Å². The fourth-order valence-corrected chi connectivity index (χ4v) is 5.31. The Bertz CT molecular complexity index is 1000. The van der Waals surface area contributed by atoms with Crippen LogP contribution in [0.25, 0.3) is 0 Å². The molecule has 3 aromatic rings. The van der Waals surface area contributed by atoms with Crippen LogP contribution < -0.4 is 0 Å². The van der Waals surface area contributed by atoms with Gasteiger partial charge in [0, 0.05) is 5.25 Å². The van der Waals surface area contributed by atoms with Crippen LogP contribution in [0.2, 0.25) is 0 Å². The van der Waals surface area contributed by atoms with E-state index < -0.39 is 24.4 Å².